The van der Waals surface area contributed by atoms with Crippen LogP contribution in [-0.4, -0.2) is 44.2 Å². The third-order valence-electron chi connectivity index (χ3n) is 5.27. The van der Waals surface area contributed by atoms with Crippen LogP contribution in [0.25, 0.3) is 0 Å². The topological polar surface area (TPSA) is 85.5 Å². The van der Waals surface area contributed by atoms with Gasteiger partial charge < -0.3 is 4.90 Å². The Morgan fingerprint density at radius 2 is 1.97 bits per heavy atom. The molecule has 4 rings (SSSR count). The lowest BCUT2D eigenvalue weighted by atomic mass is 10.1. The number of hydrazine groups is 1. The number of hydrogen-bond acceptors (Lipinski definition) is 4. The molecule has 3 heterocycles. The minimum atomic E-state index is -1.68. The number of nitriles is 1. The molecule has 8 nitrogen and oxygen atoms in total. The Morgan fingerprint density at radius 3 is 2.60 bits per heavy atom. The van der Waals surface area contributed by atoms with Crippen LogP contribution < -0.4 is 5.01 Å². The van der Waals surface area contributed by atoms with Gasteiger partial charge >= 0.3 is 6.03 Å². The summed E-state index contributed by atoms with van der Waals surface area (Å²) in [4.78, 5) is 27.4. The summed E-state index contributed by atoms with van der Waals surface area (Å²) in [5, 5.41) is 15.2. The highest BCUT2D eigenvalue weighted by molar-refractivity contribution is 5.96. The predicted molar refractivity (Wildman–Crippen MR) is 96.9 cm³/mol. The highest BCUT2D eigenvalue weighted by Gasteiger charge is 2.40. The molecule has 11 heteroatoms. The van der Waals surface area contributed by atoms with Crippen molar-refractivity contribution in [3.05, 3.63) is 47.5 Å². The summed E-state index contributed by atoms with van der Waals surface area (Å²) in [5.74, 6) is -5.88. The number of benzene rings is 1. The number of hydrogen-bond donors (Lipinski definition) is 0. The molecule has 0 spiro atoms. The van der Waals surface area contributed by atoms with Gasteiger partial charge in [0.05, 0.1) is 49.0 Å². The van der Waals surface area contributed by atoms with E-state index in [9.17, 15) is 28.0 Å². The molecule has 1 unspecified atom stereocenters. The van der Waals surface area contributed by atoms with Crippen LogP contribution in [0.1, 0.15) is 19.0 Å². The number of urea groups is 1. The Morgan fingerprint density at radius 1 is 1.27 bits per heavy atom. The number of halogens is 3. The van der Waals surface area contributed by atoms with E-state index in [0.717, 1.165) is 15.7 Å². The first-order valence-electron chi connectivity index (χ1n) is 9.26. The summed E-state index contributed by atoms with van der Waals surface area (Å²) in [6.45, 7) is 2.20. The van der Waals surface area contributed by atoms with Gasteiger partial charge in [-0.25, -0.2) is 23.0 Å². The van der Waals surface area contributed by atoms with Gasteiger partial charge in [0.15, 0.2) is 17.5 Å². The summed E-state index contributed by atoms with van der Waals surface area (Å²) in [5.41, 5.74) is 0.412. The van der Waals surface area contributed by atoms with Crippen molar-refractivity contribution in [3.63, 3.8) is 0 Å². The fourth-order valence-corrected chi connectivity index (χ4v) is 3.70. The maximum atomic E-state index is 13.9. The Balaban J connectivity index is 1.75. The van der Waals surface area contributed by atoms with Crippen molar-refractivity contribution in [2.75, 3.05) is 11.6 Å². The molecule has 30 heavy (non-hydrogen) atoms. The molecule has 156 valence electrons. The van der Waals surface area contributed by atoms with Gasteiger partial charge in [-0.1, -0.05) is 0 Å². The molecule has 0 saturated carbocycles. The molecule has 1 aromatic heterocycles. The van der Waals surface area contributed by atoms with E-state index in [4.69, 9.17) is 0 Å². The van der Waals surface area contributed by atoms with Crippen LogP contribution in [0.3, 0.4) is 0 Å². The molecule has 0 bridgehead atoms. The molecule has 3 amide bonds. The maximum absolute atomic E-state index is 13.9. The molecule has 0 radical (unpaired) electrons. The number of anilines is 1. The minimum absolute atomic E-state index is 0.123. The van der Waals surface area contributed by atoms with E-state index in [-0.39, 0.29) is 31.2 Å². The molecule has 1 saturated heterocycles. The second kappa shape index (κ2) is 7.37. The summed E-state index contributed by atoms with van der Waals surface area (Å²) in [7, 11) is 0. The Kier molecular flexibility index (Phi) is 4.85. The molecular formula is C19H17F3N6O2. The van der Waals surface area contributed by atoms with Crippen molar-refractivity contribution in [1.82, 2.24) is 19.7 Å². The van der Waals surface area contributed by atoms with Gasteiger partial charge in [-0.05, 0) is 13.0 Å². The quantitative estimate of drug-likeness (QED) is 0.701. The molecule has 1 fully saturated rings. The molecule has 0 N–H and O–H groups in total. The van der Waals surface area contributed by atoms with Gasteiger partial charge in [0.25, 0.3) is 0 Å². The monoisotopic (exact) mass is 418 g/mol. The van der Waals surface area contributed by atoms with Crippen molar-refractivity contribution in [2.24, 2.45) is 5.92 Å². The first kappa shape index (κ1) is 19.8. The highest BCUT2D eigenvalue weighted by atomic mass is 19.2. The number of fused-ring (bicyclic) bond motifs is 1. The van der Waals surface area contributed by atoms with Gasteiger partial charge in [-0.3, -0.25) is 9.48 Å². The van der Waals surface area contributed by atoms with E-state index < -0.39 is 35.3 Å². The summed E-state index contributed by atoms with van der Waals surface area (Å²) in [6, 6.07) is 3.96. The molecule has 0 aliphatic carbocycles. The van der Waals surface area contributed by atoms with E-state index >= 15 is 0 Å². The molecule has 1 aromatic carbocycles. The molecule has 2 aliphatic heterocycles. The Labute approximate surface area is 169 Å². The van der Waals surface area contributed by atoms with E-state index in [0.29, 0.717) is 18.7 Å². The van der Waals surface area contributed by atoms with Gasteiger partial charge in [-0.15, -0.1) is 0 Å². The fraction of sp³-hybridized carbons (Fsp3) is 0.368. The van der Waals surface area contributed by atoms with Crippen molar-refractivity contribution >= 4 is 17.6 Å². The second-order valence-electron chi connectivity index (χ2n) is 7.31. The van der Waals surface area contributed by atoms with Crippen molar-refractivity contribution in [3.8, 4) is 6.07 Å². The van der Waals surface area contributed by atoms with Crippen LogP contribution in [-0.2, 0) is 17.9 Å². The number of nitrogens with zero attached hydrogens (tertiary/aromatic N) is 6. The second-order valence-corrected chi connectivity index (χ2v) is 7.31. The third-order valence-corrected chi connectivity index (χ3v) is 5.27. The van der Waals surface area contributed by atoms with Crippen LogP contribution in [0, 0.1) is 34.7 Å². The Bertz CT molecular complexity index is 1040. The first-order chi connectivity index (χ1) is 14.3. The average molecular weight is 418 g/mol. The number of carbonyl (C=O) groups is 2. The van der Waals surface area contributed by atoms with Gasteiger partial charge in [0, 0.05) is 24.8 Å². The summed E-state index contributed by atoms with van der Waals surface area (Å²) in [6.07, 6.45) is 1.47. The molecule has 2 aliphatic rings. The van der Waals surface area contributed by atoms with Gasteiger partial charge in [-0.2, -0.15) is 15.4 Å². The largest absolute Gasteiger partial charge is 0.344 e. The summed E-state index contributed by atoms with van der Waals surface area (Å²) < 4.78 is 43.1. The van der Waals surface area contributed by atoms with E-state index in [1.165, 1.54) is 4.90 Å². The zero-order chi connectivity index (χ0) is 21.6. The van der Waals surface area contributed by atoms with Gasteiger partial charge in [0.2, 0.25) is 5.91 Å². The zero-order valence-corrected chi connectivity index (χ0v) is 15.9. The SMILES string of the molecule is CC1Cn2nccc2CN1C(=O)N(c1cc(F)c(F)c(F)c1)N1C[C@H](C#N)CC1=O. The van der Waals surface area contributed by atoms with E-state index in [2.05, 4.69) is 5.10 Å². The van der Waals surface area contributed by atoms with Crippen LogP contribution >= 0.6 is 0 Å². The normalized spacial score (nSPS) is 20.8. The van der Waals surface area contributed by atoms with Crippen molar-refractivity contribution in [2.45, 2.75) is 32.5 Å². The van der Waals surface area contributed by atoms with Gasteiger partial charge in [0.1, 0.15) is 0 Å². The lowest BCUT2D eigenvalue weighted by Crippen LogP contribution is -2.57. The van der Waals surface area contributed by atoms with E-state index in [1.807, 2.05) is 6.07 Å². The third kappa shape index (κ3) is 3.24. The number of amides is 3. The van der Waals surface area contributed by atoms with Crippen molar-refractivity contribution in [1.29, 1.82) is 5.26 Å². The molecular weight excluding hydrogens is 401 g/mol. The van der Waals surface area contributed by atoms with Crippen LogP contribution in [0.15, 0.2) is 24.4 Å². The van der Waals surface area contributed by atoms with E-state index in [1.54, 1.807) is 23.9 Å². The highest BCUT2D eigenvalue weighted by Crippen LogP contribution is 2.30. The number of rotatable bonds is 2. The predicted octanol–water partition coefficient (Wildman–Crippen LogP) is 2.42. The lowest BCUT2D eigenvalue weighted by molar-refractivity contribution is -0.128. The van der Waals surface area contributed by atoms with Crippen LogP contribution in [0.2, 0.25) is 0 Å². The standard InChI is InChI=1S/C19H17F3N6O2/c1-11-8-26-13(2-3-24-26)10-25(11)19(30)28(27-9-12(7-23)4-17(27)29)14-5-15(20)18(22)16(21)6-14/h2-3,5-6,11-12H,4,8-10H2,1H3/t11?,12-/m0/s1. The average Bonchev–Trinajstić information content (AvgIpc) is 3.31. The summed E-state index contributed by atoms with van der Waals surface area (Å²) >= 11 is 0. The van der Waals surface area contributed by atoms with Crippen LogP contribution in [0.5, 0.6) is 0 Å². The van der Waals surface area contributed by atoms with Crippen LogP contribution in [0.4, 0.5) is 23.7 Å². The zero-order valence-electron chi connectivity index (χ0n) is 15.9. The fourth-order valence-electron chi connectivity index (χ4n) is 3.70. The number of aromatic nitrogens is 2. The van der Waals surface area contributed by atoms with Crippen molar-refractivity contribution < 1.29 is 22.8 Å². The lowest BCUT2D eigenvalue weighted by Gasteiger charge is -2.40. The number of carbonyl (C=O) groups excluding carboxylic acids is 2. The maximum Gasteiger partial charge on any atom is 0.344 e. The Hall–Kier alpha value is -3.55. The molecule has 2 aromatic rings. The minimum Gasteiger partial charge on any atom is -0.312 e. The molecule has 2 atom stereocenters. The first-order valence-corrected chi connectivity index (χ1v) is 9.26. The smallest absolute Gasteiger partial charge is 0.312 e.